The van der Waals surface area contributed by atoms with Gasteiger partial charge in [0.15, 0.2) is 0 Å². The minimum absolute atomic E-state index is 1.27. The molecule has 0 radical (unpaired) electrons. The largest absolute Gasteiger partial charge is 0.140 e. The van der Waals surface area contributed by atoms with E-state index in [1.165, 1.54) is 229 Å². The third-order valence-electron chi connectivity index (χ3n) is 20.5. The Morgan fingerprint density at radius 3 is 0.722 bits per heavy atom. The number of benzene rings is 10. The molecule has 0 aromatic heterocycles. The predicted octanol–water partition coefficient (Wildman–Crippen LogP) is -28.2. The Morgan fingerprint density at radius 1 is 0.153 bits per heavy atom. The Morgan fingerprint density at radius 2 is 0.375 bits per heavy atom. The Hall–Kier alpha value is -4.68. The van der Waals surface area contributed by atoms with Crippen molar-refractivity contribution in [2.24, 2.45) is 0 Å². The van der Waals surface area contributed by atoms with Crippen molar-refractivity contribution in [1.82, 2.24) is 0 Å². The molecular weight excluding hydrogens is 836 g/mol. The fourth-order valence-corrected chi connectivity index (χ4v) is 14.2. The van der Waals surface area contributed by atoms with Gasteiger partial charge in [0.2, 0.25) is 0 Å². The molecule has 10 aromatic carbocycles. The van der Waals surface area contributed by atoms with Crippen LogP contribution in [0.3, 0.4) is 0 Å². The van der Waals surface area contributed by atoms with Gasteiger partial charge in [-0.05, 0) is 110 Å². The van der Waals surface area contributed by atoms with Gasteiger partial charge in [-0.15, -0.1) is 60.1 Å². The second-order valence-corrected chi connectivity index (χ2v) is 23.0. The van der Waals surface area contributed by atoms with Crippen LogP contribution in [0.15, 0.2) is 36.4 Å². The maximum Gasteiger partial charge on any atom is 0.140 e. The molecule has 0 heterocycles. The molecule has 10 aromatic rings. The van der Waals surface area contributed by atoms with E-state index in [0.717, 1.165) is 0 Å². The molecule has 0 saturated heterocycles. The molecule has 0 aliphatic carbocycles. The lowest BCUT2D eigenvalue weighted by atomic mass is 9.56. The second-order valence-electron chi connectivity index (χ2n) is 23.0. The van der Waals surface area contributed by atoms with Crippen molar-refractivity contribution in [1.29, 1.82) is 0 Å². The van der Waals surface area contributed by atoms with Gasteiger partial charge in [-0.2, -0.15) is 0 Å². The highest BCUT2D eigenvalue weighted by Gasteiger charge is 2.29. The van der Waals surface area contributed by atoms with Crippen LogP contribution in [0.2, 0.25) is 0 Å². The van der Waals surface area contributed by atoms with Gasteiger partial charge in [-0.25, -0.2) is 0 Å². The zero-order valence-electron chi connectivity index (χ0n) is 48.5. The first-order valence-corrected chi connectivity index (χ1v) is 26.7. The quantitative estimate of drug-likeness (QED) is 0.0942. The zero-order valence-corrected chi connectivity index (χ0v) is 48.5. The number of hydrogen-bond acceptors (Lipinski definition) is 0. The van der Waals surface area contributed by atoms with Crippen molar-refractivity contribution in [2.45, 2.75) is 0 Å². The molecule has 0 atom stereocenters. The van der Waals surface area contributed by atoms with Crippen LogP contribution in [0.25, 0.3) is 98.0 Å². The average Bonchev–Trinajstić information content (AvgIpc) is 3.36. The summed E-state index contributed by atoms with van der Waals surface area (Å²) < 4.78 is 0. The van der Waals surface area contributed by atoms with Crippen molar-refractivity contribution in [3.63, 3.8) is 0 Å². The fourth-order valence-electron chi connectivity index (χ4n) is 14.2. The van der Waals surface area contributed by atoms with E-state index in [4.69, 9.17) is 0 Å². The number of hydrogen-bond donors (Lipinski definition) is 0. The molecule has 318 valence electrons. The zero-order chi connectivity index (χ0) is 52.5. The van der Waals surface area contributed by atoms with Crippen LogP contribution in [0.4, 0.5) is 0 Å². The summed E-state index contributed by atoms with van der Waals surface area (Å²) in [7, 11) is 56.8. The monoisotopic (exact) mass is 895 g/mol. The summed E-state index contributed by atoms with van der Waals surface area (Å²) in [5, 5.41) is 16.7. The SMILES string of the molecule is Bc1c(B)c(B)c2c(-c3c4c(B)c(B)c(B)c(B)c4c(-c4ccc5cc(-c6c(B)c7c(B)c(B)c(B)c(B)c7c7c(B)c(B)c(B)c(B)c67)ccc5c4)c4c(B)c(B)c(B)c(B)c34)c(B)c(B)c(B)c2c1B. The highest BCUT2D eigenvalue weighted by molar-refractivity contribution is 6.77. The molecule has 10 rings (SSSR count). The fraction of sp³-hybridized carbons (Fsp3) is 0. The molecule has 24 heteroatoms. The van der Waals surface area contributed by atoms with Crippen LogP contribution in [0.1, 0.15) is 0 Å². The minimum atomic E-state index is 1.27. The van der Waals surface area contributed by atoms with E-state index in [0.29, 0.717) is 0 Å². The van der Waals surface area contributed by atoms with E-state index < -0.39 is 0 Å². The van der Waals surface area contributed by atoms with E-state index in [-0.39, 0.29) is 0 Å². The first kappa shape index (κ1) is 50.8. The van der Waals surface area contributed by atoms with Crippen LogP contribution in [0, 0.1) is 0 Å². The van der Waals surface area contributed by atoms with Crippen LogP contribution < -0.4 is 131 Å². The summed E-state index contributed by atoms with van der Waals surface area (Å²) in [6, 6.07) is 14.8. The first-order chi connectivity index (χ1) is 33.8. The molecule has 72 heavy (non-hydrogen) atoms. The minimum Gasteiger partial charge on any atom is -0.101 e. The molecule has 0 saturated carbocycles. The lowest BCUT2D eigenvalue weighted by Gasteiger charge is -2.31. The van der Waals surface area contributed by atoms with Gasteiger partial charge in [-0.1, -0.05) is 95.3 Å². The number of rotatable bonds is 3. The van der Waals surface area contributed by atoms with Gasteiger partial charge < -0.3 is 0 Å². The van der Waals surface area contributed by atoms with Gasteiger partial charge in [0.1, 0.15) is 188 Å². The van der Waals surface area contributed by atoms with Crippen molar-refractivity contribution in [2.75, 3.05) is 0 Å². The summed E-state index contributed by atoms with van der Waals surface area (Å²) in [5.41, 5.74) is 41.8. The van der Waals surface area contributed by atoms with Gasteiger partial charge in [0.05, 0.1) is 0 Å². The second kappa shape index (κ2) is 17.5. The summed E-state index contributed by atoms with van der Waals surface area (Å²) in [6.07, 6.45) is 0. The molecule has 0 fully saturated rings. The molecule has 0 bridgehead atoms. The molecule has 0 unspecified atom stereocenters. The van der Waals surface area contributed by atoms with Gasteiger partial charge >= 0.3 is 0 Å². The van der Waals surface area contributed by atoms with E-state index >= 15 is 0 Å². The van der Waals surface area contributed by atoms with Crippen LogP contribution in [-0.4, -0.2) is 188 Å². The standard InChI is InChI=1S/C48H54B24/c49-25-12(16-20(32(56)44(68)41(65)28(16)52)22-23(25)35(59)47(71)46(70)34(22)58)10-4-2-7-5-9(3-1-8(7)6-10)11-14-17(30(54)42(66)39(63)26(14)50)13(18-15(11)27(51)40(64)43(67)31(18)55)19-21-24(36(60)38(62)29(19)53)37(61)48(72)45(69)33(21)57/h1-6H,49-72H2. The third-order valence-corrected chi connectivity index (χ3v) is 20.5. The summed E-state index contributed by atoms with van der Waals surface area (Å²) in [4.78, 5) is 0. The summed E-state index contributed by atoms with van der Waals surface area (Å²) in [5.74, 6) is 0. The highest BCUT2D eigenvalue weighted by Crippen LogP contribution is 2.42. The van der Waals surface area contributed by atoms with Crippen LogP contribution in [0.5, 0.6) is 0 Å². The first-order valence-electron chi connectivity index (χ1n) is 26.7. The molecule has 0 aliphatic rings. The van der Waals surface area contributed by atoms with Crippen molar-refractivity contribution >= 4 is 384 Å². The van der Waals surface area contributed by atoms with Crippen LogP contribution in [-0.2, 0) is 0 Å². The summed E-state index contributed by atoms with van der Waals surface area (Å²) >= 11 is 0. The molecular formula is C48H54B24. The topological polar surface area (TPSA) is 0 Å². The summed E-state index contributed by atoms with van der Waals surface area (Å²) in [6.45, 7) is 0. The van der Waals surface area contributed by atoms with E-state index in [1.807, 2.05) is 0 Å². The molecule has 0 N–H and O–H groups in total. The average molecular weight is 890 g/mol. The predicted molar refractivity (Wildman–Crippen MR) is 404 cm³/mol. The smallest absolute Gasteiger partial charge is 0.101 e. The molecule has 0 nitrogen and oxygen atoms in total. The Bertz CT molecular complexity index is 4170. The van der Waals surface area contributed by atoms with Gasteiger partial charge in [-0.3, -0.25) is 0 Å². The van der Waals surface area contributed by atoms with Crippen molar-refractivity contribution in [3.8, 4) is 33.4 Å². The maximum absolute atomic E-state index is 2.52. The van der Waals surface area contributed by atoms with Gasteiger partial charge in [0.25, 0.3) is 0 Å². The Kier molecular flexibility index (Phi) is 12.3. The Labute approximate surface area is 450 Å². The van der Waals surface area contributed by atoms with Crippen LogP contribution >= 0.6 is 0 Å². The Balaban J connectivity index is 1.36. The maximum atomic E-state index is 2.52. The molecule has 0 aliphatic heterocycles. The van der Waals surface area contributed by atoms with Crippen molar-refractivity contribution < 1.29 is 0 Å². The van der Waals surface area contributed by atoms with E-state index in [9.17, 15) is 0 Å². The van der Waals surface area contributed by atoms with Crippen molar-refractivity contribution in [3.05, 3.63) is 36.4 Å². The van der Waals surface area contributed by atoms with E-state index in [2.05, 4.69) is 225 Å². The highest BCUT2D eigenvalue weighted by atomic mass is 14.3. The normalized spacial score (nSPS) is 11.8. The van der Waals surface area contributed by atoms with Gasteiger partial charge in [0, 0.05) is 0 Å². The number of fused-ring (bicyclic) bond motifs is 7. The third kappa shape index (κ3) is 6.67. The lowest BCUT2D eigenvalue weighted by Crippen LogP contribution is -2.53. The molecule has 0 amide bonds. The lowest BCUT2D eigenvalue weighted by molar-refractivity contribution is 1.72. The van der Waals surface area contributed by atoms with E-state index in [1.54, 1.807) is 0 Å². The molecule has 0 spiro atoms.